The van der Waals surface area contributed by atoms with Crippen molar-refractivity contribution < 1.29 is 27.8 Å². The van der Waals surface area contributed by atoms with Crippen LogP contribution in [0.2, 0.25) is 0 Å². The number of sulfonamides is 1. The van der Waals surface area contributed by atoms with Crippen molar-refractivity contribution in [2.45, 2.75) is 49.6 Å². The number of hydrogen-bond acceptors (Lipinski definition) is 5. The SMILES string of the molecule is O=C(O)CCc1cccc(CN(C(CC2=CC=CCC2)C2=COC=CO2)S(=O)(=O)c2ccccc2)c1. The third-order valence-corrected chi connectivity index (χ3v) is 7.93. The minimum atomic E-state index is -3.94. The molecule has 7 nitrogen and oxygen atoms in total. The van der Waals surface area contributed by atoms with E-state index in [1.807, 2.05) is 36.4 Å². The van der Waals surface area contributed by atoms with Crippen LogP contribution >= 0.6 is 0 Å². The quantitative estimate of drug-likeness (QED) is 0.444. The van der Waals surface area contributed by atoms with Gasteiger partial charge in [-0.25, -0.2) is 8.42 Å². The summed E-state index contributed by atoms with van der Waals surface area (Å²) < 4.78 is 40.6. The van der Waals surface area contributed by atoms with E-state index in [0.29, 0.717) is 18.6 Å². The number of carboxylic acid groups (broad SMARTS) is 1. The first-order chi connectivity index (χ1) is 17.4. The maximum absolute atomic E-state index is 14.0. The zero-order chi connectivity index (χ0) is 25.4. The zero-order valence-corrected chi connectivity index (χ0v) is 20.6. The number of hydrogen-bond donors (Lipinski definition) is 1. The van der Waals surface area contributed by atoms with E-state index in [1.165, 1.54) is 23.1 Å². The van der Waals surface area contributed by atoms with Crippen LogP contribution in [0.1, 0.15) is 36.8 Å². The molecule has 2 aliphatic rings. The number of carbonyl (C=O) groups is 1. The lowest BCUT2D eigenvalue weighted by Crippen LogP contribution is -2.42. The summed E-state index contributed by atoms with van der Waals surface area (Å²) in [6.07, 6.45) is 12.9. The number of rotatable bonds is 11. The second-order valence-electron chi connectivity index (χ2n) is 8.63. The molecule has 0 aromatic heterocycles. The molecule has 2 aromatic rings. The molecular weight excluding hydrogens is 478 g/mol. The molecule has 1 aliphatic heterocycles. The standard InChI is InChI=1S/C28H29NO6S/c30-28(31)15-14-23-10-7-11-24(18-23)20-29(36(32,33)25-12-5-2-6-13-25)26(27-21-34-16-17-35-27)19-22-8-3-1-4-9-22/h1-3,5-8,10-13,16-18,21,26H,4,9,14-15,19-20H2,(H,30,31). The summed E-state index contributed by atoms with van der Waals surface area (Å²) in [6.45, 7) is 0.0797. The van der Waals surface area contributed by atoms with E-state index in [0.717, 1.165) is 29.5 Å². The van der Waals surface area contributed by atoms with Crippen LogP contribution in [0.5, 0.6) is 0 Å². The summed E-state index contributed by atoms with van der Waals surface area (Å²) in [5.41, 5.74) is 2.71. The minimum absolute atomic E-state index is 0.00415. The predicted octanol–water partition coefficient (Wildman–Crippen LogP) is 5.29. The molecule has 0 fully saturated rings. The number of aryl methyl sites for hydroxylation is 1. The Hall–Kier alpha value is -3.62. The maximum atomic E-state index is 14.0. The van der Waals surface area contributed by atoms with Gasteiger partial charge < -0.3 is 14.6 Å². The van der Waals surface area contributed by atoms with E-state index in [-0.39, 0.29) is 17.9 Å². The maximum Gasteiger partial charge on any atom is 0.303 e. The van der Waals surface area contributed by atoms with Crippen LogP contribution in [-0.4, -0.2) is 29.8 Å². The first kappa shape index (κ1) is 25.5. The van der Waals surface area contributed by atoms with Gasteiger partial charge in [-0.2, -0.15) is 4.31 Å². The average Bonchev–Trinajstić information content (AvgIpc) is 2.91. The normalized spacial score (nSPS) is 16.0. The first-order valence-electron chi connectivity index (χ1n) is 11.8. The second-order valence-corrected chi connectivity index (χ2v) is 10.5. The monoisotopic (exact) mass is 507 g/mol. The summed E-state index contributed by atoms with van der Waals surface area (Å²) >= 11 is 0. The Morgan fingerprint density at radius 3 is 2.56 bits per heavy atom. The fourth-order valence-corrected chi connectivity index (χ4v) is 5.85. The summed E-state index contributed by atoms with van der Waals surface area (Å²) in [4.78, 5) is 11.2. The molecule has 188 valence electrons. The first-order valence-corrected chi connectivity index (χ1v) is 13.3. The van der Waals surface area contributed by atoms with Gasteiger partial charge >= 0.3 is 5.97 Å². The fraction of sp³-hybridized carbons (Fsp3) is 0.250. The molecule has 1 aliphatic carbocycles. The predicted molar refractivity (Wildman–Crippen MR) is 136 cm³/mol. The molecule has 1 heterocycles. The van der Waals surface area contributed by atoms with E-state index in [9.17, 15) is 13.2 Å². The van der Waals surface area contributed by atoms with E-state index in [1.54, 1.807) is 30.3 Å². The van der Waals surface area contributed by atoms with Crippen LogP contribution in [0.25, 0.3) is 0 Å². The topological polar surface area (TPSA) is 93.1 Å². The van der Waals surface area contributed by atoms with Crippen molar-refractivity contribution in [2.24, 2.45) is 0 Å². The summed E-state index contributed by atoms with van der Waals surface area (Å²) in [6, 6.07) is 15.1. The van der Waals surface area contributed by atoms with Crippen molar-refractivity contribution in [1.29, 1.82) is 0 Å². The minimum Gasteiger partial charge on any atom is -0.481 e. The number of aliphatic carboxylic acids is 1. The van der Waals surface area contributed by atoms with Crippen molar-refractivity contribution in [3.05, 3.63) is 114 Å². The lowest BCUT2D eigenvalue weighted by atomic mass is 9.96. The van der Waals surface area contributed by atoms with Gasteiger partial charge in [-0.15, -0.1) is 0 Å². The van der Waals surface area contributed by atoms with Crippen LogP contribution in [0.4, 0.5) is 0 Å². The molecule has 0 radical (unpaired) electrons. The van der Waals surface area contributed by atoms with Gasteiger partial charge in [0.15, 0.2) is 5.76 Å². The Morgan fingerprint density at radius 1 is 1.06 bits per heavy atom. The number of benzene rings is 2. The van der Waals surface area contributed by atoms with E-state index in [2.05, 4.69) is 6.08 Å². The van der Waals surface area contributed by atoms with Crippen LogP contribution in [0.3, 0.4) is 0 Å². The molecular formula is C28H29NO6S. The Kier molecular flexibility index (Phi) is 8.40. The van der Waals surface area contributed by atoms with E-state index >= 15 is 0 Å². The highest BCUT2D eigenvalue weighted by atomic mass is 32.2. The van der Waals surface area contributed by atoms with Gasteiger partial charge in [-0.05, 0) is 48.9 Å². The molecule has 8 heteroatoms. The van der Waals surface area contributed by atoms with Gasteiger partial charge in [0, 0.05) is 13.0 Å². The van der Waals surface area contributed by atoms with Gasteiger partial charge in [0.05, 0.1) is 10.9 Å². The highest BCUT2D eigenvalue weighted by Crippen LogP contribution is 2.32. The number of allylic oxidation sites excluding steroid dienone is 3. The summed E-state index contributed by atoms with van der Waals surface area (Å²) in [5, 5.41) is 9.06. The number of carboxylic acids is 1. The van der Waals surface area contributed by atoms with Gasteiger partial charge in [-0.1, -0.05) is 66.3 Å². The molecule has 0 amide bonds. The number of nitrogens with zero attached hydrogens (tertiary/aromatic N) is 1. The zero-order valence-electron chi connectivity index (χ0n) is 19.8. The van der Waals surface area contributed by atoms with Gasteiger partial charge in [0.1, 0.15) is 18.8 Å². The molecule has 1 atom stereocenters. The van der Waals surface area contributed by atoms with Crippen LogP contribution in [0, 0.1) is 0 Å². The van der Waals surface area contributed by atoms with Crippen molar-refractivity contribution in [1.82, 2.24) is 4.31 Å². The van der Waals surface area contributed by atoms with E-state index < -0.39 is 22.0 Å². The Labute approximate surface area is 211 Å². The summed E-state index contributed by atoms with van der Waals surface area (Å²) in [5.74, 6) is -0.479. The molecule has 0 spiro atoms. The molecule has 0 bridgehead atoms. The van der Waals surface area contributed by atoms with Crippen LogP contribution < -0.4 is 0 Å². The van der Waals surface area contributed by atoms with Crippen molar-refractivity contribution >= 4 is 16.0 Å². The van der Waals surface area contributed by atoms with Crippen molar-refractivity contribution in [3.8, 4) is 0 Å². The van der Waals surface area contributed by atoms with Crippen molar-refractivity contribution in [3.63, 3.8) is 0 Å². The molecule has 4 rings (SSSR count). The summed E-state index contributed by atoms with van der Waals surface area (Å²) in [7, 11) is -3.94. The van der Waals surface area contributed by atoms with Crippen molar-refractivity contribution in [2.75, 3.05) is 0 Å². The number of ether oxygens (including phenoxy) is 2. The largest absolute Gasteiger partial charge is 0.481 e. The van der Waals surface area contributed by atoms with Crippen LogP contribution in [-0.2, 0) is 37.3 Å². The van der Waals surface area contributed by atoms with Gasteiger partial charge in [0.2, 0.25) is 10.0 Å². The third-order valence-electron chi connectivity index (χ3n) is 6.06. The average molecular weight is 508 g/mol. The highest BCUT2D eigenvalue weighted by Gasteiger charge is 2.36. The molecule has 1 N–H and O–H groups in total. The Balaban J connectivity index is 1.75. The Bertz CT molecular complexity index is 1290. The molecule has 0 saturated heterocycles. The molecule has 2 aromatic carbocycles. The Morgan fingerprint density at radius 2 is 1.86 bits per heavy atom. The van der Waals surface area contributed by atoms with Gasteiger partial charge in [0.25, 0.3) is 0 Å². The molecule has 36 heavy (non-hydrogen) atoms. The van der Waals surface area contributed by atoms with Crippen LogP contribution in [0.15, 0.2) is 108 Å². The van der Waals surface area contributed by atoms with E-state index in [4.69, 9.17) is 14.6 Å². The highest BCUT2D eigenvalue weighted by molar-refractivity contribution is 7.89. The van der Waals surface area contributed by atoms with Gasteiger partial charge in [-0.3, -0.25) is 4.79 Å². The molecule has 1 unspecified atom stereocenters. The lowest BCUT2D eigenvalue weighted by Gasteiger charge is -2.33. The lowest BCUT2D eigenvalue weighted by molar-refractivity contribution is -0.136. The molecule has 0 saturated carbocycles. The second kappa shape index (κ2) is 11.9. The fourth-order valence-electron chi connectivity index (χ4n) is 4.25. The third kappa shape index (κ3) is 6.53. The smallest absolute Gasteiger partial charge is 0.303 e.